The molecule has 1 aliphatic rings. The highest BCUT2D eigenvalue weighted by Crippen LogP contribution is 2.35. The first-order valence-corrected chi connectivity index (χ1v) is 14.4. The van der Waals surface area contributed by atoms with E-state index in [1.807, 2.05) is 48.7 Å². The average Bonchev–Trinajstić information content (AvgIpc) is 3.53. The first-order chi connectivity index (χ1) is 19.3. The Morgan fingerprint density at radius 3 is 2.62 bits per heavy atom. The second-order valence-corrected chi connectivity index (χ2v) is 11.1. The lowest BCUT2D eigenvalue weighted by Crippen LogP contribution is -2.30. The van der Waals surface area contributed by atoms with Gasteiger partial charge in [0.1, 0.15) is 18.1 Å². The lowest BCUT2D eigenvalue weighted by molar-refractivity contribution is -0.128. The first-order valence-electron chi connectivity index (χ1n) is 12.6. The molecule has 0 bridgehead atoms. The topological polar surface area (TPSA) is 85.7 Å². The zero-order valence-electron chi connectivity index (χ0n) is 21.4. The second-order valence-electron chi connectivity index (χ2n) is 9.02. The zero-order chi connectivity index (χ0) is 28.2. The molecular formula is C29H25BrFIN4O4. The number of aromatic nitrogens is 2. The normalized spacial score (nSPS) is 14.9. The van der Waals surface area contributed by atoms with Crippen molar-refractivity contribution in [2.24, 2.45) is 0 Å². The van der Waals surface area contributed by atoms with Gasteiger partial charge in [-0.25, -0.2) is 13.9 Å². The quantitative estimate of drug-likeness (QED) is 0.205. The Morgan fingerprint density at radius 1 is 1.18 bits per heavy atom. The molecule has 1 N–H and O–H groups in total. The molecule has 1 atom stereocenters. The molecule has 5 rings (SSSR count). The fourth-order valence-corrected chi connectivity index (χ4v) is 5.40. The summed E-state index contributed by atoms with van der Waals surface area (Å²) in [4.78, 5) is 26.4. The maximum Gasteiger partial charge on any atom is 0.411 e. The van der Waals surface area contributed by atoms with E-state index in [1.54, 1.807) is 28.6 Å². The predicted octanol–water partition coefficient (Wildman–Crippen LogP) is 6.71. The number of anilines is 1. The molecule has 3 aromatic carbocycles. The number of nitrogens with zero attached hydrogens (tertiary/aromatic N) is 3. The number of amides is 2. The molecule has 2 heterocycles. The SMILES string of the molecule is CCOC(=O)Nc1ccc(CCN2C(=O)COC2c2cn(-c3ccc(Br)cc3)nc2-c2ccc(F)cc2)cc1I. The minimum absolute atomic E-state index is 0.0447. The largest absolute Gasteiger partial charge is 0.450 e. The van der Waals surface area contributed by atoms with Crippen LogP contribution in [0.4, 0.5) is 14.9 Å². The van der Waals surface area contributed by atoms with Crippen molar-refractivity contribution in [3.8, 4) is 16.9 Å². The van der Waals surface area contributed by atoms with Crippen molar-refractivity contribution >= 4 is 56.2 Å². The number of ether oxygens (including phenoxy) is 2. The highest BCUT2D eigenvalue weighted by Gasteiger charge is 2.36. The van der Waals surface area contributed by atoms with E-state index >= 15 is 0 Å². The van der Waals surface area contributed by atoms with Gasteiger partial charge < -0.3 is 14.4 Å². The zero-order valence-corrected chi connectivity index (χ0v) is 25.2. The molecule has 1 aromatic heterocycles. The lowest BCUT2D eigenvalue weighted by Gasteiger charge is -2.23. The molecule has 0 radical (unpaired) electrons. The van der Waals surface area contributed by atoms with Crippen LogP contribution >= 0.6 is 38.5 Å². The van der Waals surface area contributed by atoms with Crippen molar-refractivity contribution in [2.45, 2.75) is 19.6 Å². The maximum atomic E-state index is 13.7. The van der Waals surface area contributed by atoms with E-state index in [0.29, 0.717) is 36.5 Å². The molecular weight excluding hydrogens is 694 g/mol. The molecule has 0 aliphatic carbocycles. The molecule has 1 fully saturated rings. The summed E-state index contributed by atoms with van der Waals surface area (Å²) in [6.07, 6.45) is 1.28. The van der Waals surface area contributed by atoms with E-state index in [-0.39, 0.29) is 18.3 Å². The Hall–Kier alpha value is -3.29. The highest BCUT2D eigenvalue weighted by atomic mass is 127. The molecule has 1 aliphatic heterocycles. The van der Waals surface area contributed by atoms with Gasteiger partial charge in [0.2, 0.25) is 0 Å². The number of halogens is 3. The van der Waals surface area contributed by atoms with Crippen molar-refractivity contribution in [3.05, 3.63) is 97.9 Å². The second kappa shape index (κ2) is 12.5. The first kappa shape index (κ1) is 28.2. The van der Waals surface area contributed by atoms with Crippen LogP contribution in [0.25, 0.3) is 16.9 Å². The molecule has 206 valence electrons. The summed E-state index contributed by atoms with van der Waals surface area (Å²) in [5, 5.41) is 7.53. The fourth-order valence-electron chi connectivity index (χ4n) is 4.42. The minimum Gasteiger partial charge on any atom is -0.450 e. The molecule has 0 saturated carbocycles. The summed E-state index contributed by atoms with van der Waals surface area (Å²) in [6, 6.07) is 19.5. The van der Waals surface area contributed by atoms with Crippen LogP contribution in [0.3, 0.4) is 0 Å². The van der Waals surface area contributed by atoms with Crippen molar-refractivity contribution in [2.75, 3.05) is 25.1 Å². The van der Waals surface area contributed by atoms with Gasteiger partial charge >= 0.3 is 6.09 Å². The van der Waals surface area contributed by atoms with Gasteiger partial charge in [0.15, 0.2) is 6.23 Å². The predicted molar refractivity (Wildman–Crippen MR) is 161 cm³/mol. The third-order valence-electron chi connectivity index (χ3n) is 6.37. The highest BCUT2D eigenvalue weighted by molar-refractivity contribution is 14.1. The van der Waals surface area contributed by atoms with Crippen LogP contribution in [-0.2, 0) is 20.7 Å². The third kappa shape index (κ3) is 6.37. The van der Waals surface area contributed by atoms with E-state index in [2.05, 4.69) is 43.8 Å². The van der Waals surface area contributed by atoms with Crippen LogP contribution < -0.4 is 5.32 Å². The fraction of sp³-hybridized carbons (Fsp3) is 0.207. The van der Waals surface area contributed by atoms with E-state index in [9.17, 15) is 14.0 Å². The minimum atomic E-state index is -0.652. The smallest absolute Gasteiger partial charge is 0.411 e. The molecule has 2 amide bonds. The van der Waals surface area contributed by atoms with Crippen LogP contribution in [0.1, 0.15) is 24.3 Å². The van der Waals surface area contributed by atoms with Crippen molar-refractivity contribution < 1.29 is 23.5 Å². The van der Waals surface area contributed by atoms with Crippen LogP contribution in [0.5, 0.6) is 0 Å². The van der Waals surface area contributed by atoms with Crippen LogP contribution in [0.2, 0.25) is 0 Å². The Balaban J connectivity index is 1.41. The van der Waals surface area contributed by atoms with E-state index in [4.69, 9.17) is 14.6 Å². The van der Waals surface area contributed by atoms with Crippen molar-refractivity contribution in [1.29, 1.82) is 0 Å². The van der Waals surface area contributed by atoms with Crippen molar-refractivity contribution in [1.82, 2.24) is 14.7 Å². The summed E-state index contributed by atoms with van der Waals surface area (Å²) in [6.45, 7) is 2.41. The Morgan fingerprint density at radius 2 is 1.93 bits per heavy atom. The summed E-state index contributed by atoms with van der Waals surface area (Å²) in [5.41, 5.74) is 4.53. The average molecular weight is 719 g/mol. The van der Waals surface area contributed by atoms with Gasteiger partial charge in [0.25, 0.3) is 5.91 Å². The molecule has 4 aromatic rings. The van der Waals surface area contributed by atoms with Gasteiger partial charge in [-0.2, -0.15) is 5.10 Å². The van der Waals surface area contributed by atoms with Crippen LogP contribution in [0.15, 0.2) is 77.4 Å². The third-order valence-corrected chi connectivity index (χ3v) is 7.79. The molecule has 1 unspecified atom stereocenters. The number of rotatable bonds is 8. The Labute approximate surface area is 252 Å². The standard InChI is InChI=1S/C29H25BrFIN4O4/c1-2-39-29(38)33-25-12-3-18(15-24(25)32)13-14-35-26(37)17-40-28(35)23-16-36(22-10-6-20(30)7-11-22)34-27(23)19-4-8-21(31)9-5-19/h3-12,15-16,28H,2,13-14,17H2,1H3,(H,33,38). The van der Waals surface area contributed by atoms with E-state index in [0.717, 1.165) is 24.9 Å². The summed E-state index contributed by atoms with van der Waals surface area (Å²) in [7, 11) is 0. The summed E-state index contributed by atoms with van der Waals surface area (Å²) in [5.74, 6) is -0.466. The number of nitrogens with one attached hydrogen (secondary N) is 1. The molecule has 11 heteroatoms. The Bertz CT molecular complexity index is 1530. The number of carbonyl (C=O) groups is 2. The summed E-state index contributed by atoms with van der Waals surface area (Å²) >= 11 is 5.62. The molecule has 0 spiro atoms. The molecule has 40 heavy (non-hydrogen) atoms. The van der Waals surface area contributed by atoms with Crippen LogP contribution in [0, 0.1) is 9.39 Å². The van der Waals surface area contributed by atoms with Gasteiger partial charge in [-0.05, 0) is 102 Å². The monoisotopic (exact) mass is 718 g/mol. The number of benzene rings is 3. The van der Waals surface area contributed by atoms with Gasteiger partial charge in [-0.3, -0.25) is 10.1 Å². The lowest BCUT2D eigenvalue weighted by atomic mass is 10.1. The van der Waals surface area contributed by atoms with Crippen molar-refractivity contribution in [3.63, 3.8) is 0 Å². The van der Waals surface area contributed by atoms with E-state index in [1.165, 1.54) is 12.1 Å². The maximum absolute atomic E-state index is 13.7. The number of hydrogen-bond acceptors (Lipinski definition) is 5. The molecule has 8 nitrogen and oxygen atoms in total. The number of carbonyl (C=O) groups excluding carboxylic acids is 2. The summed E-state index contributed by atoms with van der Waals surface area (Å²) < 4.78 is 28.2. The Kier molecular flexibility index (Phi) is 8.81. The van der Waals surface area contributed by atoms with Gasteiger partial charge in [0, 0.05) is 31.9 Å². The molecule has 1 saturated heterocycles. The van der Waals surface area contributed by atoms with E-state index < -0.39 is 12.3 Å². The van der Waals surface area contributed by atoms with Gasteiger partial charge in [-0.15, -0.1) is 0 Å². The van der Waals surface area contributed by atoms with Gasteiger partial charge in [0.05, 0.1) is 18.0 Å². The van der Waals surface area contributed by atoms with Crippen LogP contribution in [-0.4, -0.2) is 46.4 Å². The number of hydrogen-bond donors (Lipinski definition) is 1. The van der Waals surface area contributed by atoms with Gasteiger partial charge in [-0.1, -0.05) is 22.0 Å².